The zero-order valence-electron chi connectivity index (χ0n) is 19.9. The van der Waals surface area contributed by atoms with Crippen molar-refractivity contribution in [2.75, 3.05) is 4.90 Å². The smallest absolute Gasteiger partial charge is 0.249 e. The number of para-hydroxylation sites is 1. The number of rotatable bonds is 8. The molecule has 3 N–H and O–H groups in total. The molecule has 1 fully saturated rings. The van der Waals surface area contributed by atoms with Crippen molar-refractivity contribution in [3.8, 4) is 0 Å². The van der Waals surface area contributed by atoms with Crippen LogP contribution in [0.5, 0.6) is 0 Å². The number of anilines is 1. The SMILES string of the molecule is NS(=O)(=O)c1ccc(N(C(=O)Cn2nnc3ccccc32)[C@H](C(=O)NC2CCCC2)c2cccs2)cc1. The number of nitrogens with two attached hydrogens (primary N) is 1. The minimum Gasteiger partial charge on any atom is -0.351 e. The molecule has 1 aliphatic carbocycles. The third-order valence-corrected chi connectivity index (χ3v) is 8.29. The van der Waals surface area contributed by atoms with E-state index < -0.39 is 22.0 Å². The van der Waals surface area contributed by atoms with E-state index in [0.29, 0.717) is 21.6 Å². The maximum Gasteiger partial charge on any atom is 0.249 e. The summed E-state index contributed by atoms with van der Waals surface area (Å²) in [6.07, 6.45) is 3.88. The highest BCUT2D eigenvalue weighted by Crippen LogP contribution is 2.32. The molecule has 0 unspecified atom stereocenters. The monoisotopic (exact) mass is 538 g/mol. The first-order chi connectivity index (χ1) is 17.8. The van der Waals surface area contributed by atoms with E-state index in [1.807, 2.05) is 35.7 Å². The van der Waals surface area contributed by atoms with Crippen molar-refractivity contribution in [3.63, 3.8) is 0 Å². The third-order valence-electron chi connectivity index (χ3n) is 6.44. The summed E-state index contributed by atoms with van der Waals surface area (Å²) in [5.74, 6) is -0.694. The average Bonchev–Trinajstić information content (AvgIpc) is 3.65. The van der Waals surface area contributed by atoms with Crippen LogP contribution in [0.3, 0.4) is 0 Å². The number of nitrogens with one attached hydrogen (secondary N) is 1. The molecule has 0 bridgehead atoms. The molecule has 1 atom stereocenters. The lowest BCUT2D eigenvalue weighted by Crippen LogP contribution is -2.47. The zero-order chi connectivity index (χ0) is 26.0. The van der Waals surface area contributed by atoms with Crippen LogP contribution in [0.1, 0.15) is 36.6 Å². The maximum absolute atomic E-state index is 13.9. The molecule has 12 heteroatoms. The van der Waals surface area contributed by atoms with Gasteiger partial charge in [-0.1, -0.05) is 36.3 Å². The molecule has 192 valence electrons. The van der Waals surface area contributed by atoms with E-state index in [1.54, 1.807) is 6.07 Å². The predicted molar refractivity (Wildman–Crippen MR) is 140 cm³/mol. The molecular weight excluding hydrogens is 512 g/mol. The van der Waals surface area contributed by atoms with Gasteiger partial charge in [0.1, 0.15) is 18.1 Å². The first-order valence-electron chi connectivity index (χ1n) is 11.9. The highest BCUT2D eigenvalue weighted by molar-refractivity contribution is 7.89. The summed E-state index contributed by atoms with van der Waals surface area (Å²) in [5, 5.41) is 18.5. The van der Waals surface area contributed by atoms with E-state index in [1.165, 1.54) is 45.2 Å². The van der Waals surface area contributed by atoms with Gasteiger partial charge in [-0.2, -0.15) is 0 Å². The second-order valence-corrected chi connectivity index (χ2v) is 11.5. The van der Waals surface area contributed by atoms with Gasteiger partial charge < -0.3 is 5.32 Å². The van der Waals surface area contributed by atoms with Gasteiger partial charge in [-0.25, -0.2) is 18.2 Å². The molecule has 0 aliphatic heterocycles. The minimum absolute atomic E-state index is 0.0518. The number of amides is 2. The largest absolute Gasteiger partial charge is 0.351 e. The Morgan fingerprint density at radius 3 is 2.49 bits per heavy atom. The quantitative estimate of drug-likeness (QED) is 0.353. The third kappa shape index (κ3) is 5.41. The molecule has 4 aromatic rings. The molecule has 10 nitrogen and oxygen atoms in total. The molecule has 2 heterocycles. The summed E-state index contributed by atoms with van der Waals surface area (Å²) in [4.78, 5) is 29.6. The van der Waals surface area contributed by atoms with Crippen molar-refractivity contribution in [3.05, 3.63) is 70.9 Å². The number of aromatic nitrogens is 3. The topological polar surface area (TPSA) is 140 Å². The molecule has 37 heavy (non-hydrogen) atoms. The molecule has 1 saturated carbocycles. The molecule has 0 saturated heterocycles. The number of thiophene rings is 1. The van der Waals surface area contributed by atoms with Crippen LogP contribution in [0.15, 0.2) is 70.9 Å². The molecule has 0 radical (unpaired) electrons. The minimum atomic E-state index is -3.93. The Bertz CT molecular complexity index is 1510. The van der Waals surface area contributed by atoms with Crippen molar-refractivity contribution < 1.29 is 18.0 Å². The molecule has 2 aromatic carbocycles. The van der Waals surface area contributed by atoms with E-state index in [0.717, 1.165) is 25.7 Å². The van der Waals surface area contributed by atoms with E-state index in [2.05, 4.69) is 15.6 Å². The van der Waals surface area contributed by atoms with Crippen LogP contribution in [0.4, 0.5) is 5.69 Å². The maximum atomic E-state index is 13.9. The Kier molecular flexibility index (Phi) is 7.04. The van der Waals surface area contributed by atoms with Crippen molar-refractivity contribution in [2.24, 2.45) is 5.14 Å². The Labute approximate surface area is 218 Å². The Hall–Kier alpha value is -3.61. The van der Waals surface area contributed by atoms with Gasteiger partial charge in [-0.15, -0.1) is 16.4 Å². The summed E-state index contributed by atoms with van der Waals surface area (Å²) in [6, 6.07) is 15.7. The number of sulfonamides is 1. The van der Waals surface area contributed by atoms with Gasteiger partial charge >= 0.3 is 0 Å². The van der Waals surface area contributed by atoms with E-state index in [9.17, 15) is 18.0 Å². The number of primary sulfonamides is 1. The van der Waals surface area contributed by atoms with Crippen molar-refractivity contribution in [1.29, 1.82) is 0 Å². The summed E-state index contributed by atoms with van der Waals surface area (Å²) >= 11 is 1.37. The van der Waals surface area contributed by atoms with Gasteiger partial charge in [-0.05, 0) is 60.7 Å². The van der Waals surface area contributed by atoms with Crippen LogP contribution < -0.4 is 15.4 Å². The second kappa shape index (κ2) is 10.4. The average molecular weight is 539 g/mol. The fourth-order valence-corrected chi connectivity index (χ4v) is 5.97. The predicted octanol–water partition coefficient (Wildman–Crippen LogP) is 2.97. The number of hydrogen-bond acceptors (Lipinski definition) is 7. The first kappa shape index (κ1) is 25.1. The normalized spacial score (nSPS) is 15.1. The lowest BCUT2D eigenvalue weighted by Gasteiger charge is -2.31. The molecule has 2 amide bonds. The Morgan fingerprint density at radius 2 is 1.81 bits per heavy atom. The fraction of sp³-hybridized carbons (Fsp3) is 0.280. The molecule has 2 aromatic heterocycles. The van der Waals surface area contributed by atoms with E-state index in [4.69, 9.17) is 5.14 Å². The van der Waals surface area contributed by atoms with Crippen LogP contribution in [-0.4, -0.2) is 41.3 Å². The van der Waals surface area contributed by atoms with Gasteiger partial charge in [0, 0.05) is 16.6 Å². The Balaban J connectivity index is 1.56. The van der Waals surface area contributed by atoms with Crippen molar-refractivity contribution >= 4 is 49.9 Å². The summed E-state index contributed by atoms with van der Waals surface area (Å²) in [7, 11) is -3.93. The van der Waals surface area contributed by atoms with Crippen LogP contribution in [-0.2, 0) is 26.2 Å². The molecule has 1 aliphatic rings. The first-order valence-corrected chi connectivity index (χ1v) is 14.3. The number of nitrogens with zero attached hydrogens (tertiary/aromatic N) is 4. The van der Waals surface area contributed by atoms with Gasteiger partial charge in [0.15, 0.2) is 0 Å². The van der Waals surface area contributed by atoms with Crippen molar-refractivity contribution in [1.82, 2.24) is 20.3 Å². The van der Waals surface area contributed by atoms with Gasteiger partial charge in [0.2, 0.25) is 21.8 Å². The number of fused-ring (bicyclic) bond motifs is 1. The molecular formula is C25H26N6O4S2. The summed E-state index contributed by atoms with van der Waals surface area (Å²) in [5.41, 5.74) is 1.69. The van der Waals surface area contributed by atoms with Crippen LogP contribution in [0, 0.1) is 0 Å². The molecule has 5 rings (SSSR count). The molecule has 0 spiro atoms. The fourth-order valence-electron chi connectivity index (χ4n) is 4.64. The second-order valence-electron chi connectivity index (χ2n) is 8.95. The number of hydrogen-bond donors (Lipinski definition) is 2. The highest BCUT2D eigenvalue weighted by Gasteiger charge is 2.35. The van der Waals surface area contributed by atoms with E-state index in [-0.39, 0.29) is 23.4 Å². The zero-order valence-corrected chi connectivity index (χ0v) is 21.5. The highest BCUT2D eigenvalue weighted by atomic mass is 32.2. The lowest BCUT2D eigenvalue weighted by molar-refractivity contribution is -0.127. The van der Waals surface area contributed by atoms with Gasteiger partial charge in [0.05, 0.1) is 10.4 Å². The standard InChI is InChI=1S/C25H26N6O4S2/c26-37(34,35)19-13-11-18(12-14-19)31(23(32)16-30-21-9-4-3-8-20(21)28-29-30)24(22-10-5-15-36-22)25(33)27-17-6-1-2-7-17/h3-5,8-15,17,24H,1-2,6-7,16H2,(H,27,33)(H2,26,34,35)/t24-/m0/s1. The van der Waals surface area contributed by atoms with Gasteiger partial charge in [-0.3, -0.25) is 14.5 Å². The van der Waals surface area contributed by atoms with Crippen LogP contribution >= 0.6 is 11.3 Å². The Morgan fingerprint density at radius 1 is 1.08 bits per heavy atom. The number of carbonyl (C=O) groups excluding carboxylic acids is 2. The van der Waals surface area contributed by atoms with Crippen molar-refractivity contribution in [2.45, 2.75) is 49.2 Å². The van der Waals surface area contributed by atoms with Crippen LogP contribution in [0.2, 0.25) is 0 Å². The summed E-state index contributed by atoms with van der Waals surface area (Å²) < 4.78 is 25.1. The lowest BCUT2D eigenvalue weighted by atomic mass is 10.1. The summed E-state index contributed by atoms with van der Waals surface area (Å²) in [6.45, 7) is -0.171. The van der Waals surface area contributed by atoms with E-state index >= 15 is 0 Å². The van der Waals surface area contributed by atoms with Crippen LogP contribution in [0.25, 0.3) is 11.0 Å². The number of carbonyl (C=O) groups is 2. The van der Waals surface area contributed by atoms with Gasteiger partial charge in [0.25, 0.3) is 0 Å². The number of benzene rings is 2.